The van der Waals surface area contributed by atoms with Crippen molar-refractivity contribution in [3.8, 4) is 0 Å². The van der Waals surface area contributed by atoms with Crippen LogP contribution in [0.4, 0.5) is 27.1 Å². The first-order valence-electron chi connectivity index (χ1n) is 5.74. The molecule has 4 nitrogen and oxygen atoms in total. The number of halogens is 5. The van der Waals surface area contributed by atoms with Gasteiger partial charge in [0.25, 0.3) is 5.91 Å². The highest BCUT2D eigenvalue weighted by molar-refractivity contribution is 7.17. The third kappa shape index (κ3) is 3.50. The van der Waals surface area contributed by atoms with Crippen LogP contribution in [0.15, 0.2) is 18.2 Å². The molecule has 1 amide bonds. The number of hydrogen-bond acceptors (Lipinski definition) is 4. The van der Waals surface area contributed by atoms with Gasteiger partial charge in [0, 0.05) is 18.2 Å². The lowest BCUT2D eigenvalue weighted by molar-refractivity contribution is -0.141. The molecule has 0 saturated carbocycles. The quantitative estimate of drug-likeness (QED) is 0.846. The maximum atomic E-state index is 13.4. The number of anilines is 1. The molecule has 0 unspecified atom stereocenters. The van der Waals surface area contributed by atoms with Crippen molar-refractivity contribution in [3.63, 3.8) is 0 Å². The average Bonchev–Trinajstić information content (AvgIpc) is 2.79. The van der Waals surface area contributed by atoms with Crippen molar-refractivity contribution < 1.29 is 26.7 Å². The summed E-state index contributed by atoms with van der Waals surface area (Å²) in [5, 5.41) is 1.70. The Bertz CT molecular complexity index is 713. The summed E-state index contributed by atoms with van der Waals surface area (Å²) in [5.41, 5.74) is 3.72. The Morgan fingerprint density at radius 3 is 2.59 bits per heavy atom. The van der Waals surface area contributed by atoms with Crippen molar-refractivity contribution in [3.05, 3.63) is 46.0 Å². The van der Waals surface area contributed by atoms with Gasteiger partial charge in [0.1, 0.15) is 16.5 Å². The lowest BCUT2D eigenvalue weighted by atomic mass is 10.2. The first-order chi connectivity index (χ1) is 10.2. The number of aromatic nitrogens is 1. The number of benzene rings is 1. The van der Waals surface area contributed by atoms with Crippen LogP contribution in [0.1, 0.15) is 20.9 Å². The largest absolute Gasteiger partial charge is 0.435 e. The van der Waals surface area contributed by atoms with E-state index in [1.807, 2.05) is 0 Å². The van der Waals surface area contributed by atoms with E-state index in [2.05, 4.69) is 10.3 Å². The SMILES string of the molecule is Nc1nc(C(F)(F)F)c(C(=O)NCc2ccc(F)cc2F)s1. The van der Waals surface area contributed by atoms with Gasteiger partial charge in [-0.1, -0.05) is 17.4 Å². The molecular weight excluding hydrogens is 329 g/mol. The maximum absolute atomic E-state index is 13.4. The number of nitrogens with one attached hydrogen (secondary N) is 1. The highest BCUT2D eigenvalue weighted by atomic mass is 32.1. The third-order valence-electron chi connectivity index (χ3n) is 2.57. The number of thiazole rings is 1. The van der Waals surface area contributed by atoms with Crippen LogP contribution in [0.2, 0.25) is 0 Å². The van der Waals surface area contributed by atoms with Gasteiger partial charge in [-0.2, -0.15) is 13.2 Å². The van der Waals surface area contributed by atoms with Gasteiger partial charge in [0.2, 0.25) is 0 Å². The van der Waals surface area contributed by atoms with Crippen molar-refractivity contribution in [2.75, 3.05) is 5.73 Å². The van der Waals surface area contributed by atoms with Crippen LogP contribution in [0, 0.1) is 11.6 Å². The van der Waals surface area contributed by atoms with Gasteiger partial charge < -0.3 is 11.1 Å². The highest BCUT2D eigenvalue weighted by Crippen LogP contribution is 2.35. The predicted molar refractivity (Wildman–Crippen MR) is 69.1 cm³/mol. The summed E-state index contributed by atoms with van der Waals surface area (Å²) in [6.07, 6.45) is -4.83. The topological polar surface area (TPSA) is 68.0 Å². The van der Waals surface area contributed by atoms with Gasteiger partial charge in [-0.3, -0.25) is 4.79 Å². The molecule has 2 rings (SSSR count). The fraction of sp³-hybridized carbons (Fsp3) is 0.167. The lowest BCUT2D eigenvalue weighted by Crippen LogP contribution is -2.25. The fourth-order valence-corrected chi connectivity index (χ4v) is 2.37. The van der Waals surface area contributed by atoms with E-state index in [0.717, 1.165) is 12.1 Å². The molecule has 0 spiro atoms. The molecule has 1 heterocycles. The Balaban J connectivity index is 2.16. The summed E-state index contributed by atoms with van der Waals surface area (Å²) in [4.78, 5) is 14.1. The van der Waals surface area contributed by atoms with E-state index in [-0.39, 0.29) is 5.56 Å². The standard InChI is InChI=1S/C12H8F5N3OS/c13-6-2-1-5(7(14)3-6)4-19-10(21)8-9(12(15,16)17)20-11(18)22-8/h1-3H,4H2,(H2,18,20)(H,19,21). The number of nitrogens with zero attached hydrogens (tertiary/aromatic N) is 1. The molecule has 0 saturated heterocycles. The second-order valence-electron chi connectivity index (χ2n) is 4.15. The monoisotopic (exact) mass is 337 g/mol. The number of rotatable bonds is 3. The van der Waals surface area contributed by atoms with Crippen LogP contribution in [-0.4, -0.2) is 10.9 Å². The van der Waals surface area contributed by atoms with Crippen molar-refractivity contribution in [1.29, 1.82) is 0 Å². The number of alkyl halides is 3. The molecule has 1 aromatic heterocycles. The molecule has 0 radical (unpaired) electrons. The van der Waals surface area contributed by atoms with Gasteiger partial charge in [0.15, 0.2) is 10.8 Å². The average molecular weight is 337 g/mol. The minimum Gasteiger partial charge on any atom is -0.375 e. The Morgan fingerprint density at radius 1 is 1.32 bits per heavy atom. The number of carbonyl (C=O) groups is 1. The molecule has 118 valence electrons. The summed E-state index contributed by atoms with van der Waals surface area (Å²) in [6, 6.07) is 2.65. The fourth-order valence-electron chi connectivity index (χ4n) is 1.60. The van der Waals surface area contributed by atoms with Crippen LogP contribution in [0.3, 0.4) is 0 Å². The van der Waals surface area contributed by atoms with Crippen molar-refractivity contribution in [2.24, 2.45) is 0 Å². The lowest BCUT2D eigenvalue weighted by Gasteiger charge is -2.08. The zero-order chi connectivity index (χ0) is 16.5. The smallest absolute Gasteiger partial charge is 0.375 e. The summed E-state index contributed by atoms with van der Waals surface area (Å²) in [6.45, 7) is -0.403. The van der Waals surface area contributed by atoms with E-state index in [1.54, 1.807) is 0 Å². The zero-order valence-electron chi connectivity index (χ0n) is 10.7. The normalized spacial score (nSPS) is 11.5. The van der Waals surface area contributed by atoms with E-state index < -0.39 is 46.0 Å². The molecule has 22 heavy (non-hydrogen) atoms. The molecule has 0 aliphatic heterocycles. The van der Waals surface area contributed by atoms with Crippen molar-refractivity contribution in [2.45, 2.75) is 12.7 Å². The number of nitrogens with two attached hydrogens (primary N) is 1. The van der Waals surface area contributed by atoms with E-state index >= 15 is 0 Å². The molecule has 0 bridgehead atoms. The molecule has 0 aliphatic carbocycles. The predicted octanol–water partition coefficient (Wildman–Crippen LogP) is 2.95. The summed E-state index contributed by atoms with van der Waals surface area (Å²) in [5.74, 6) is -2.81. The molecule has 2 aromatic rings. The summed E-state index contributed by atoms with van der Waals surface area (Å²) >= 11 is 0.372. The number of hydrogen-bond donors (Lipinski definition) is 2. The van der Waals surface area contributed by atoms with Crippen molar-refractivity contribution in [1.82, 2.24) is 10.3 Å². The van der Waals surface area contributed by atoms with E-state index in [4.69, 9.17) is 5.73 Å². The van der Waals surface area contributed by atoms with Crippen LogP contribution in [0.5, 0.6) is 0 Å². The van der Waals surface area contributed by atoms with Crippen LogP contribution < -0.4 is 11.1 Å². The summed E-state index contributed by atoms with van der Waals surface area (Å²) in [7, 11) is 0. The third-order valence-corrected chi connectivity index (χ3v) is 3.46. The van der Waals surface area contributed by atoms with Gasteiger partial charge in [-0.25, -0.2) is 13.8 Å². The molecule has 0 fully saturated rings. The Morgan fingerprint density at radius 2 is 2.00 bits per heavy atom. The Kier molecular flexibility index (Phi) is 4.31. The maximum Gasteiger partial charge on any atom is 0.435 e. The minimum atomic E-state index is -4.83. The van der Waals surface area contributed by atoms with Crippen molar-refractivity contribution >= 4 is 22.4 Å². The number of amides is 1. The van der Waals surface area contributed by atoms with Gasteiger partial charge in [0.05, 0.1) is 0 Å². The first kappa shape index (κ1) is 16.1. The number of nitrogen functional groups attached to an aromatic ring is 1. The Hall–Kier alpha value is -2.23. The second kappa shape index (κ2) is 5.87. The second-order valence-corrected chi connectivity index (χ2v) is 5.18. The van der Waals surface area contributed by atoms with E-state index in [0.29, 0.717) is 17.4 Å². The van der Waals surface area contributed by atoms with Gasteiger partial charge in [-0.15, -0.1) is 0 Å². The molecule has 0 atom stereocenters. The molecule has 3 N–H and O–H groups in total. The van der Waals surface area contributed by atoms with E-state index in [9.17, 15) is 26.7 Å². The minimum absolute atomic E-state index is 0.0687. The molecule has 1 aromatic carbocycles. The molecule has 10 heteroatoms. The zero-order valence-corrected chi connectivity index (χ0v) is 11.5. The molecular formula is C12H8F5N3OS. The van der Waals surface area contributed by atoms with Gasteiger partial charge in [-0.05, 0) is 6.07 Å². The van der Waals surface area contributed by atoms with Crippen LogP contribution in [0.25, 0.3) is 0 Å². The van der Waals surface area contributed by atoms with E-state index in [1.165, 1.54) is 0 Å². The van der Waals surface area contributed by atoms with Crippen LogP contribution in [-0.2, 0) is 12.7 Å². The highest BCUT2D eigenvalue weighted by Gasteiger charge is 2.39. The van der Waals surface area contributed by atoms with Crippen LogP contribution >= 0.6 is 11.3 Å². The molecule has 0 aliphatic rings. The Labute approximate surface area is 124 Å². The summed E-state index contributed by atoms with van der Waals surface area (Å²) < 4.78 is 64.2. The number of carbonyl (C=O) groups excluding carboxylic acids is 1. The van der Waals surface area contributed by atoms with Gasteiger partial charge >= 0.3 is 6.18 Å². The first-order valence-corrected chi connectivity index (χ1v) is 6.55.